The van der Waals surface area contributed by atoms with Gasteiger partial charge in [0.2, 0.25) is 0 Å². The molecule has 1 fully saturated rings. The highest BCUT2D eigenvalue weighted by molar-refractivity contribution is 6.31. The molecule has 1 saturated heterocycles. The van der Waals surface area contributed by atoms with E-state index in [9.17, 15) is 4.39 Å². The SMILES string of the molecule is CNC(Cc1ccc(F)cc1Cl)C1(C)CCCCO1. The van der Waals surface area contributed by atoms with Gasteiger partial charge in [-0.25, -0.2) is 4.39 Å². The number of likely N-dealkylation sites (N-methyl/N-ethyl adjacent to an activating group) is 1. The van der Waals surface area contributed by atoms with E-state index in [1.165, 1.54) is 18.6 Å². The van der Waals surface area contributed by atoms with E-state index in [4.69, 9.17) is 16.3 Å². The average Bonchev–Trinajstić information content (AvgIpc) is 2.38. The Balaban J connectivity index is 2.14. The minimum Gasteiger partial charge on any atom is -0.374 e. The van der Waals surface area contributed by atoms with Crippen molar-refractivity contribution in [3.05, 3.63) is 34.6 Å². The van der Waals surface area contributed by atoms with Gasteiger partial charge in [-0.3, -0.25) is 0 Å². The Kier molecular flexibility index (Phi) is 4.82. The van der Waals surface area contributed by atoms with Gasteiger partial charge in [0.25, 0.3) is 0 Å². The van der Waals surface area contributed by atoms with Crippen molar-refractivity contribution in [3.8, 4) is 0 Å². The normalized spacial score (nSPS) is 25.3. The first-order chi connectivity index (χ1) is 9.05. The molecule has 1 aliphatic heterocycles. The Hall–Kier alpha value is -0.640. The lowest BCUT2D eigenvalue weighted by molar-refractivity contribution is -0.0870. The lowest BCUT2D eigenvalue weighted by Crippen LogP contribution is -2.52. The zero-order valence-electron chi connectivity index (χ0n) is 11.5. The van der Waals surface area contributed by atoms with E-state index in [0.29, 0.717) is 5.02 Å². The zero-order valence-corrected chi connectivity index (χ0v) is 12.3. The second kappa shape index (κ2) is 6.21. The van der Waals surface area contributed by atoms with Crippen molar-refractivity contribution in [1.82, 2.24) is 5.32 Å². The van der Waals surface area contributed by atoms with E-state index in [1.54, 1.807) is 6.07 Å². The van der Waals surface area contributed by atoms with Gasteiger partial charge in [-0.1, -0.05) is 17.7 Å². The summed E-state index contributed by atoms with van der Waals surface area (Å²) in [5, 5.41) is 3.81. The first-order valence-electron chi connectivity index (χ1n) is 6.80. The van der Waals surface area contributed by atoms with Crippen LogP contribution in [0.3, 0.4) is 0 Å². The van der Waals surface area contributed by atoms with E-state index in [0.717, 1.165) is 31.4 Å². The number of rotatable bonds is 4. The third-order valence-corrected chi connectivity index (χ3v) is 4.38. The quantitative estimate of drug-likeness (QED) is 0.913. The van der Waals surface area contributed by atoms with E-state index < -0.39 is 0 Å². The monoisotopic (exact) mass is 285 g/mol. The minimum atomic E-state index is -0.296. The highest BCUT2D eigenvalue weighted by Crippen LogP contribution is 2.30. The summed E-state index contributed by atoms with van der Waals surface area (Å²) in [5.41, 5.74) is 0.780. The molecule has 2 unspecified atom stereocenters. The molecule has 19 heavy (non-hydrogen) atoms. The summed E-state index contributed by atoms with van der Waals surface area (Å²) in [6, 6.07) is 4.76. The lowest BCUT2D eigenvalue weighted by atomic mass is 9.85. The predicted octanol–water partition coefficient (Wildman–Crippen LogP) is 3.57. The minimum absolute atomic E-state index is 0.176. The number of benzene rings is 1. The Bertz CT molecular complexity index is 432. The van der Waals surface area contributed by atoms with Crippen LogP contribution in [-0.4, -0.2) is 25.3 Å². The van der Waals surface area contributed by atoms with Gasteiger partial charge >= 0.3 is 0 Å². The molecule has 2 atom stereocenters. The largest absolute Gasteiger partial charge is 0.374 e. The van der Waals surface area contributed by atoms with Crippen LogP contribution in [0.1, 0.15) is 31.7 Å². The van der Waals surface area contributed by atoms with E-state index in [1.807, 2.05) is 7.05 Å². The molecule has 1 aliphatic rings. The standard InChI is InChI=1S/C15H21ClFNO/c1-15(7-3-4-8-19-15)14(18-2)9-11-5-6-12(17)10-13(11)16/h5-6,10,14,18H,3-4,7-9H2,1-2H3. The summed E-state index contributed by atoms with van der Waals surface area (Å²) >= 11 is 6.11. The van der Waals surface area contributed by atoms with Crippen LogP contribution in [0.4, 0.5) is 4.39 Å². The van der Waals surface area contributed by atoms with Crippen LogP contribution in [0.15, 0.2) is 18.2 Å². The van der Waals surface area contributed by atoms with Gasteiger partial charge in [-0.2, -0.15) is 0 Å². The second-order valence-corrected chi connectivity index (χ2v) is 5.81. The molecule has 0 bridgehead atoms. The van der Waals surface area contributed by atoms with Crippen molar-refractivity contribution in [2.75, 3.05) is 13.7 Å². The molecule has 0 radical (unpaired) electrons. The van der Waals surface area contributed by atoms with Crippen LogP contribution >= 0.6 is 11.6 Å². The third kappa shape index (κ3) is 3.47. The number of hydrogen-bond acceptors (Lipinski definition) is 2. The van der Waals surface area contributed by atoms with Crippen molar-refractivity contribution in [2.45, 2.75) is 44.2 Å². The van der Waals surface area contributed by atoms with Crippen molar-refractivity contribution in [3.63, 3.8) is 0 Å². The van der Waals surface area contributed by atoms with Gasteiger partial charge in [-0.05, 0) is 57.4 Å². The fraction of sp³-hybridized carbons (Fsp3) is 0.600. The maximum Gasteiger partial charge on any atom is 0.124 e. The van der Waals surface area contributed by atoms with Crippen LogP contribution in [-0.2, 0) is 11.2 Å². The first-order valence-corrected chi connectivity index (χ1v) is 7.18. The van der Waals surface area contributed by atoms with Crippen LogP contribution in [0.25, 0.3) is 0 Å². The number of ether oxygens (including phenoxy) is 1. The molecule has 0 amide bonds. The third-order valence-electron chi connectivity index (χ3n) is 4.02. The summed E-state index contributed by atoms with van der Waals surface area (Å²) in [6.07, 6.45) is 4.10. The molecule has 1 aromatic carbocycles. The van der Waals surface area contributed by atoms with Crippen LogP contribution in [0, 0.1) is 5.82 Å². The lowest BCUT2D eigenvalue weighted by Gasteiger charge is -2.40. The summed E-state index contributed by atoms with van der Waals surface area (Å²) in [4.78, 5) is 0. The fourth-order valence-corrected chi connectivity index (χ4v) is 3.01. The highest BCUT2D eigenvalue weighted by Gasteiger charge is 2.36. The molecule has 1 N–H and O–H groups in total. The second-order valence-electron chi connectivity index (χ2n) is 5.40. The van der Waals surface area contributed by atoms with Gasteiger partial charge in [-0.15, -0.1) is 0 Å². The molecule has 0 saturated carbocycles. The van der Waals surface area contributed by atoms with Gasteiger partial charge < -0.3 is 10.1 Å². The molecule has 1 aromatic rings. The van der Waals surface area contributed by atoms with E-state index >= 15 is 0 Å². The van der Waals surface area contributed by atoms with E-state index in [2.05, 4.69) is 12.2 Å². The first kappa shape index (κ1) is 14.8. The van der Waals surface area contributed by atoms with Crippen molar-refractivity contribution >= 4 is 11.6 Å². The van der Waals surface area contributed by atoms with Crippen LogP contribution in [0.2, 0.25) is 5.02 Å². The number of halogens is 2. The van der Waals surface area contributed by atoms with Crippen LogP contribution in [0.5, 0.6) is 0 Å². The van der Waals surface area contributed by atoms with Crippen LogP contribution < -0.4 is 5.32 Å². The molecule has 0 spiro atoms. The topological polar surface area (TPSA) is 21.3 Å². The molecule has 2 nitrogen and oxygen atoms in total. The Morgan fingerprint density at radius 2 is 2.26 bits per heavy atom. The van der Waals surface area contributed by atoms with Crippen molar-refractivity contribution < 1.29 is 9.13 Å². The van der Waals surface area contributed by atoms with Crippen molar-refractivity contribution in [1.29, 1.82) is 0 Å². The Morgan fingerprint density at radius 3 is 2.84 bits per heavy atom. The summed E-state index contributed by atoms with van der Waals surface area (Å²) in [6.45, 7) is 2.95. The molecule has 0 aliphatic carbocycles. The average molecular weight is 286 g/mol. The van der Waals surface area contributed by atoms with Gasteiger partial charge in [0.05, 0.1) is 5.60 Å². The summed E-state index contributed by atoms with van der Waals surface area (Å²) in [7, 11) is 1.94. The molecule has 0 aromatic heterocycles. The highest BCUT2D eigenvalue weighted by atomic mass is 35.5. The molecule has 4 heteroatoms. The maximum absolute atomic E-state index is 13.1. The Morgan fingerprint density at radius 1 is 1.47 bits per heavy atom. The maximum atomic E-state index is 13.1. The summed E-state index contributed by atoms with van der Waals surface area (Å²) < 4.78 is 19.0. The zero-order chi connectivity index (χ0) is 13.9. The molecule has 1 heterocycles. The Labute approximate surface area is 119 Å². The molecular formula is C15H21ClFNO. The smallest absolute Gasteiger partial charge is 0.124 e. The molecule has 106 valence electrons. The van der Waals surface area contributed by atoms with Gasteiger partial charge in [0.15, 0.2) is 0 Å². The van der Waals surface area contributed by atoms with Gasteiger partial charge in [0.1, 0.15) is 5.82 Å². The summed E-state index contributed by atoms with van der Waals surface area (Å²) in [5.74, 6) is -0.296. The van der Waals surface area contributed by atoms with E-state index in [-0.39, 0.29) is 17.5 Å². The van der Waals surface area contributed by atoms with Gasteiger partial charge in [0, 0.05) is 17.7 Å². The molecular weight excluding hydrogens is 265 g/mol. The number of hydrogen-bond donors (Lipinski definition) is 1. The van der Waals surface area contributed by atoms with Crippen molar-refractivity contribution in [2.24, 2.45) is 0 Å². The fourth-order valence-electron chi connectivity index (χ4n) is 2.76. The predicted molar refractivity (Wildman–Crippen MR) is 76.2 cm³/mol. The number of nitrogens with one attached hydrogen (secondary N) is 1. The molecule has 2 rings (SSSR count).